The summed E-state index contributed by atoms with van der Waals surface area (Å²) in [4.78, 5) is 48.7. The number of ether oxygens (including phenoxy) is 1. The Balaban J connectivity index is 3.09. The molecule has 0 saturated carbocycles. The number of ketones is 1. The number of Topliss-reactive ketones (excluding diaryl/α,β-unsaturated/α-hetero) is 1. The molecule has 3 atom stereocenters. The second-order valence-electron chi connectivity index (χ2n) is 8.11. The van der Waals surface area contributed by atoms with Crippen LogP contribution >= 0.6 is 11.6 Å². The molecule has 0 aromatic heterocycles. The number of hydrogen-bond donors (Lipinski definition) is 3. The summed E-state index contributed by atoms with van der Waals surface area (Å²) in [6, 6.07) is 3.02. The number of halogens is 1. The molecule has 3 amide bonds. The van der Waals surface area contributed by atoms with Gasteiger partial charge in [0.05, 0.1) is 24.6 Å². The number of primary amides is 1. The van der Waals surface area contributed by atoms with Crippen molar-refractivity contribution in [2.45, 2.75) is 59.0 Å². The van der Waals surface area contributed by atoms with Crippen LogP contribution in [0.25, 0.3) is 0 Å². The highest BCUT2D eigenvalue weighted by Gasteiger charge is 2.28. The Morgan fingerprint density at radius 2 is 1.68 bits per heavy atom. The van der Waals surface area contributed by atoms with E-state index in [4.69, 9.17) is 22.1 Å². The van der Waals surface area contributed by atoms with Crippen molar-refractivity contribution in [3.8, 4) is 5.75 Å². The number of rotatable bonds is 12. The summed E-state index contributed by atoms with van der Waals surface area (Å²) in [7, 11) is 1.49. The molecule has 9 heteroatoms. The number of amides is 3. The first kappa shape index (κ1) is 26.4. The molecule has 4 N–H and O–H groups in total. The van der Waals surface area contributed by atoms with Crippen LogP contribution in [0.3, 0.4) is 0 Å². The fourth-order valence-electron chi connectivity index (χ4n) is 3.18. The Morgan fingerprint density at radius 1 is 1.06 bits per heavy atom. The zero-order valence-electron chi connectivity index (χ0n) is 18.7. The number of nitrogens with one attached hydrogen (secondary N) is 2. The lowest BCUT2D eigenvalue weighted by atomic mass is 9.97. The van der Waals surface area contributed by atoms with Crippen LogP contribution < -0.4 is 21.1 Å². The van der Waals surface area contributed by atoms with Crippen LogP contribution in [0.1, 0.15) is 46.1 Å². The zero-order chi connectivity index (χ0) is 23.7. The van der Waals surface area contributed by atoms with Gasteiger partial charge < -0.3 is 21.1 Å². The van der Waals surface area contributed by atoms with E-state index in [1.807, 2.05) is 13.8 Å². The van der Waals surface area contributed by atoms with Gasteiger partial charge in [0.25, 0.3) is 0 Å². The summed E-state index contributed by atoms with van der Waals surface area (Å²) in [5.74, 6) is -1.48. The number of methoxy groups -OCH3 is 1. The molecule has 0 radical (unpaired) electrons. The highest BCUT2D eigenvalue weighted by molar-refractivity contribution is 6.32. The van der Waals surface area contributed by atoms with Crippen LogP contribution in [0.15, 0.2) is 18.2 Å². The fourth-order valence-corrected chi connectivity index (χ4v) is 3.46. The lowest BCUT2D eigenvalue weighted by Crippen LogP contribution is -2.53. The Hall–Kier alpha value is -2.61. The summed E-state index contributed by atoms with van der Waals surface area (Å²) < 4.78 is 5.14. The average molecular weight is 454 g/mol. The Labute approximate surface area is 188 Å². The molecule has 0 aliphatic rings. The summed E-state index contributed by atoms with van der Waals surface area (Å²) in [5.41, 5.74) is 5.87. The van der Waals surface area contributed by atoms with Crippen LogP contribution in [-0.2, 0) is 25.6 Å². The molecule has 0 saturated heterocycles. The molecule has 31 heavy (non-hydrogen) atoms. The molecule has 1 rings (SSSR count). The van der Waals surface area contributed by atoms with Gasteiger partial charge in [-0.25, -0.2) is 0 Å². The minimum absolute atomic E-state index is 0.136. The summed E-state index contributed by atoms with van der Waals surface area (Å²) in [6.45, 7) is 7.07. The first-order valence-electron chi connectivity index (χ1n) is 10.2. The fraction of sp³-hybridized carbons (Fsp3) is 0.545. The largest absolute Gasteiger partial charge is 0.495 e. The molecule has 1 aromatic rings. The van der Waals surface area contributed by atoms with Gasteiger partial charge in [0.15, 0.2) is 5.78 Å². The summed E-state index contributed by atoms with van der Waals surface area (Å²) in [6.07, 6.45) is 0.475. The van der Waals surface area contributed by atoms with Crippen LogP contribution in [0.2, 0.25) is 5.02 Å². The summed E-state index contributed by atoms with van der Waals surface area (Å²) in [5, 5.41) is 5.66. The van der Waals surface area contributed by atoms with Gasteiger partial charge >= 0.3 is 0 Å². The molecule has 0 aliphatic carbocycles. The topological polar surface area (TPSA) is 128 Å². The standard InChI is InChI=1S/C22H32ClN3O5/c1-12(2)8-13(3)21(29)26-18(10-15-6-7-19(31-5)16(23)9-15)22(30)25-17(14(4)27)11-20(24)28/h6-7,9,12-13,17-18H,8,10-11H2,1-5H3,(H2,24,28)(H,25,30)(H,26,29). The first-order valence-corrected chi connectivity index (χ1v) is 10.5. The smallest absolute Gasteiger partial charge is 0.243 e. The van der Waals surface area contributed by atoms with Crippen LogP contribution in [0.4, 0.5) is 0 Å². The van der Waals surface area contributed by atoms with Gasteiger partial charge in [-0.2, -0.15) is 0 Å². The van der Waals surface area contributed by atoms with Crippen molar-refractivity contribution in [2.24, 2.45) is 17.6 Å². The molecule has 172 valence electrons. The quantitative estimate of drug-likeness (QED) is 0.446. The normalized spacial score (nSPS) is 13.8. The Bertz CT molecular complexity index is 812. The molecule has 0 fully saturated rings. The average Bonchev–Trinajstić information content (AvgIpc) is 2.65. The minimum atomic E-state index is -1.06. The lowest BCUT2D eigenvalue weighted by Gasteiger charge is -2.24. The second kappa shape index (κ2) is 12.3. The van der Waals surface area contributed by atoms with Crippen molar-refractivity contribution in [1.29, 1.82) is 0 Å². The van der Waals surface area contributed by atoms with E-state index < -0.39 is 29.7 Å². The van der Waals surface area contributed by atoms with Crippen LogP contribution in [-0.4, -0.2) is 42.7 Å². The van der Waals surface area contributed by atoms with Gasteiger partial charge in [-0.3, -0.25) is 19.2 Å². The number of benzene rings is 1. The molecule has 8 nitrogen and oxygen atoms in total. The first-order chi connectivity index (χ1) is 14.4. The third-order valence-electron chi connectivity index (χ3n) is 4.77. The molecular weight excluding hydrogens is 422 g/mol. The SMILES string of the molecule is COc1ccc(CC(NC(=O)C(C)CC(C)C)C(=O)NC(CC(N)=O)C(C)=O)cc1Cl. The van der Waals surface area contributed by atoms with E-state index in [0.29, 0.717) is 28.7 Å². The molecule has 0 aliphatic heterocycles. The van der Waals surface area contributed by atoms with E-state index in [2.05, 4.69) is 10.6 Å². The van der Waals surface area contributed by atoms with Gasteiger partial charge in [-0.15, -0.1) is 0 Å². The molecular formula is C22H32ClN3O5. The molecule has 1 aromatic carbocycles. The highest BCUT2D eigenvalue weighted by Crippen LogP contribution is 2.25. The van der Waals surface area contributed by atoms with Crippen molar-refractivity contribution in [1.82, 2.24) is 10.6 Å². The third kappa shape index (κ3) is 8.96. The third-order valence-corrected chi connectivity index (χ3v) is 5.07. The predicted octanol–water partition coefficient (Wildman–Crippen LogP) is 2.01. The molecule has 0 bridgehead atoms. The number of hydrogen-bond acceptors (Lipinski definition) is 5. The second-order valence-corrected chi connectivity index (χ2v) is 8.51. The van der Waals surface area contributed by atoms with Gasteiger partial charge in [0.2, 0.25) is 17.7 Å². The van der Waals surface area contributed by atoms with E-state index in [1.54, 1.807) is 25.1 Å². The van der Waals surface area contributed by atoms with Crippen LogP contribution in [0.5, 0.6) is 5.75 Å². The van der Waals surface area contributed by atoms with Crippen molar-refractivity contribution in [3.63, 3.8) is 0 Å². The number of carbonyl (C=O) groups excluding carboxylic acids is 4. The number of carbonyl (C=O) groups is 4. The van der Waals surface area contributed by atoms with E-state index in [1.165, 1.54) is 14.0 Å². The van der Waals surface area contributed by atoms with Crippen LogP contribution in [0, 0.1) is 11.8 Å². The van der Waals surface area contributed by atoms with Gasteiger partial charge in [-0.1, -0.05) is 38.4 Å². The number of nitrogens with two attached hydrogens (primary N) is 1. The van der Waals surface area contributed by atoms with Crippen molar-refractivity contribution >= 4 is 35.1 Å². The highest BCUT2D eigenvalue weighted by atomic mass is 35.5. The Morgan fingerprint density at radius 3 is 2.16 bits per heavy atom. The van der Waals surface area contributed by atoms with Gasteiger partial charge in [-0.05, 0) is 37.0 Å². The summed E-state index contributed by atoms with van der Waals surface area (Å²) >= 11 is 6.18. The monoisotopic (exact) mass is 453 g/mol. The van der Waals surface area contributed by atoms with Gasteiger partial charge in [0, 0.05) is 12.3 Å². The predicted molar refractivity (Wildman–Crippen MR) is 119 cm³/mol. The zero-order valence-corrected chi connectivity index (χ0v) is 19.4. The van der Waals surface area contributed by atoms with Crippen molar-refractivity contribution in [3.05, 3.63) is 28.8 Å². The molecule has 3 unspecified atom stereocenters. The van der Waals surface area contributed by atoms with Crippen molar-refractivity contribution in [2.75, 3.05) is 7.11 Å². The lowest BCUT2D eigenvalue weighted by molar-refractivity contribution is -0.133. The minimum Gasteiger partial charge on any atom is -0.495 e. The maximum absolute atomic E-state index is 12.9. The van der Waals surface area contributed by atoms with Gasteiger partial charge in [0.1, 0.15) is 11.8 Å². The van der Waals surface area contributed by atoms with Crippen molar-refractivity contribution < 1.29 is 23.9 Å². The maximum Gasteiger partial charge on any atom is 0.243 e. The van der Waals surface area contributed by atoms with E-state index >= 15 is 0 Å². The Kier molecular flexibility index (Phi) is 10.5. The van der Waals surface area contributed by atoms with E-state index in [-0.39, 0.29) is 24.7 Å². The molecule has 0 spiro atoms. The molecule has 0 heterocycles. The maximum atomic E-state index is 12.9. The van der Waals surface area contributed by atoms with E-state index in [9.17, 15) is 19.2 Å². The van der Waals surface area contributed by atoms with E-state index in [0.717, 1.165) is 0 Å².